The molecule has 47 heavy (non-hydrogen) atoms. The van der Waals surface area contributed by atoms with Gasteiger partial charge < -0.3 is 24.1 Å². The summed E-state index contributed by atoms with van der Waals surface area (Å²) in [6, 6.07) is 10.8. The zero-order valence-electron chi connectivity index (χ0n) is 28.1. The van der Waals surface area contributed by atoms with E-state index in [2.05, 4.69) is 25.8 Å². The first-order valence-corrected chi connectivity index (χ1v) is 16.8. The molecule has 0 aliphatic carbocycles. The van der Waals surface area contributed by atoms with Crippen LogP contribution in [0.5, 0.6) is 17.2 Å². The topological polar surface area (TPSA) is 124 Å². The van der Waals surface area contributed by atoms with Gasteiger partial charge >= 0.3 is 11.9 Å². The summed E-state index contributed by atoms with van der Waals surface area (Å²) < 4.78 is 22.8. The number of benzene rings is 2. The number of thiazole rings is 1. The minimum absolute atomic E-state index is 0.123. The maximum absolute atomic E-state index is 13.8. The Labute approximate surface area is 280 Å². The lowest BCUT2D eigenvalue weighted by Gasteiger charge is -2.24. The summed E-state index contributed by atoms with van der Waals surface area (Å²) in [4.78, 5) is 46.4. The van der Waals surface area contributed by atoms with Crippen molar-refractivity contribution >= 4 is 39.9 Å². The summed E-state index contributed by atoms with van der Waals surface area (Å²) in [5.74, 6) is -0.561. The molecule has 0 bridgehead atoms. The van der Waals surface area contributed by atoms with E-state index in [-0.39, 0.29) is 33.9 Å². The molecular formula is C36H44N2O8S. The van der Waals surface area contributed by atoms with E-state index in [4.69, 9.17) is 18.9 Å². The van der Waals surface area contributed by atoms with Crippen molar-refractivity contribution in [2.45, 2.75) is 66.8 Å². The molecule has 11 heteroatoms. The number of aromatic nitrogens is 1. The van der Waals surface area contributed by atoms with Crippen molar-refractivity contribution in [3.05, 3.63) is 69.7 Å². The first kappa shape index (κ1) is 35.5. The Balaban J connectivity index is 1.81. The smallest absolute Gasteiger partial charge is 0.350 e. The quantitative estimate of drug-likeness (QED) is 0.0578. The highest BCUT2D eigenvalue weighted by Crippen LogP contribution is 2.45. The molecule has 4 rings (SSSR count). The minimum Gasteiger partial charge on any atom is -0.507 e. The summed E-state index contributed by atoms with van der Waals surface area (Å²) in [6.07, 6.45) is 2.75. The highest BCUT2D eigenvalue weighted by molar-refractivity contribution is 7.17. The zero-order valence-corrected chi connectivity index (χ0v) is 28.9. The van der Waals surface area contributed by atoms with Gasteiger partial charge in [0.15, 0.2) is 16.6 Å². The van der Waals surface area contributed by atoms with Crippen molar-refractivity contribution in [1.29, 1.82) is 0 Å². The largest absolute Gasteiger partial charge is 0.507 e. The van der Waals surface area contributed by atoms with E-state index < -0.39 is 23.7 Å². The second-order valence-electron chi connectivity index (χ2n) is 12.2. The van der Waals surface area contributed by atoms with Gasteiger partial charge in [-0.2, -0.15) is 0 Å². The van der Waals surface area contributed by atoms with Crippen LogP contribution in [0.4, 0.5) is 5.13 Å². The van der Waals surface area contributed by atoms with E-state index in [9.17, 15) is 19.5 Å². The molecular weight excluding hydrogens is 620 g/mol. The number of methoxy groups -OCH3 is 1. The fourth-order valence-corrected chi connectivity index (χ4v) is 5.89. The molecule has 1 atom stereocenters. The molecule has 0 spiro atoms. The highest BCUT2D eigenvalue weighted by atomic mass is 32.1. The molecule has 1 aliphatic heterocycles. The Kier molecular flexibility index (Phi) is 12.0. The standard InChI is InChI=1S/C36H44N2O8S/c1-8-9-17-44-26-13-10-24(11-14-26)31(39)29-30(25-12-15-27(28(19-25)43-7)45-18-16-21(2)3)38(34(41)32(29)40)36-37-23(6)33(47-36)35(42)46-20-22(4)5/h10-15,19,21-22,30,39H,8-9,16-18,20H2,1-7H3/b31-29-. The van der Waals surface area contributed by atoms with E-state index in [1.54, 1.807) is 49.4 Å². The number of rotatable bonds is 15. The number of aryl methyl sites for hydroxylation is 1. The number of carbonyl (C=O) groups is 3. The highest BCUT2D eigenvalue weighted by Gasteiger charge is 2.48. The molecule has 1 fully saturated rings. The number of nitrogens with zero attached hydrogens (tertiary/aromatic N) is 2. The SMILES string of the molecule is CCCCOc1ccc(/C(O)=C2/C(=O)C(=O)N(c3nc(C)c(C(=O)OCC(C)C)s3)C2c2ccc(OCCC(C)C)c(OC)c2)cc1. The molecule has 0 radical (unpaired) electrons. The molecule has 1 saturated heterocycles. The van der Waals surface area contributed by atoms with E-state index in [0.717, 1.165) is 30.6 Å². The lowest BCUT2D eigenvalue weighted by Crippen LogP contribution is -2.29. The van der Waals surface area contributed by atoms with Crippen LogP contribution in [-0.4, -0.2) is 54.7 Å². The number of hydrogen-bond acceptors (Lipinski definition) is 10. The molecule has 1 amide bonds. The Bertz CT molecular complexity index is 1610. The van der Waals surface area contributed by atoms with Crippen LogP contribution in [0, 0.1) is 18.8 Å². The number of amides is 1. The van der Waals surface area contributed by atoms with Crippen molar-refractivity contribution in [3.63, 3.8) is 0 Å². The van der Waals surface area contributed by atoms with Gasteiger partial charge in [-0.25, -0.2) is 9.78 Å². The van der Waals surface area contributed by atoms with E-state index in [1.165, 1.54) is 12.0 Å². The molecule has 10 nitrogen and oxygen atoms in total. The zero-order chi connectivity index (χ0) is 34.2. The van der Waals surface area contributed by atoms with Crippen LogP contribution in [0.3, 0.4) is 0 Å². The summed E-state index contributed by atoms with van der Waals surface area (Å²) in [7, 11) is 1.51. The van der Waals surface area contributed by atoms with Gasteiger partial charge in [-0.3, -0.25) is 14.5 Å². The Morgan fingerprint density at radius 2 is 1.72 bits per heavy atom. The van der Waals surface area contributed by atoms with Crippen LogP contribution in [0.1, 0.15) is 86.4 Å². The van der Waals surface area contributed by atoms with Crippen molar-refractivity contribution in [2.75, 3.05) is 31.8 Å². The average Bonchev–Trinajstić information content (AvgIpc) is 3.55. The van der Waals surface area contributed by atoms with E-state index in [1.807, 2.05) is 13.8 Å². The number of ketones is 1. The normalized spacial score (nSPS) is 15.9. The van der Waals surface area contributed by atoms with Gasteiger partial charge in [0, 0.05) is 5.56 Å². The maximum Gasteiger partial charge on any atom is 0.350 e. The molecule has 2 aromatic carbocycles. The van der Waals surface area contributed by atoms with Crippen LogP contribution in [0.2, 0.25) is 0 Å². The van der Waals surface area contributed by atoms with Crippen LogP contribution < -0.4 is 19.1 Å². The number of unbranched alkanes of at least 4 members (excludes halogenated alkanes) is 1. The van der Waals surface area contributed by atoms with Gasteiger partial charge in [0.25, 0.3) is 5.78 Å². The Hall–Kier alpha value is -4.38. The number of anilines is 1. The van der Waals surface area contributed by atoms with Gasteiger partial charge in [-0.05, 0) is 73.6 Å². The molecule has 0 saturated carbocycles. The molecule has 1 N–H and O–H groups in total. The van der Waals surface area contributed by atoms with Crippen LogP contribution >= 0.6 is 11.3 Å². The number of hydrogen-bond donors (Lipinski definition) is 1. The first-order valence-electron chi connectivity index (χ1n) is 16.0. The number of aliphatic hydroxyl groups excluding tert-OH is 1. The number of ether oxygens (including phenoxy) is 4. The molecule has 3 aromatic rings. The average molecular weight is 665 g/mol. The summed E-state index contributed by atoms with van der Waals surface area (Å²) >= 11 is 0.959. The lowest BCUT2D eigenvalue weighted by atomic mass is 9.95. The molecule has 2 heterocycles. The monoisotopic (exact) mass is 664 g/mol. The third-order valence-corrected chi connectivity index (χ3v) is 8.66. The van der Waals surface area contributed by atoms with Crippen LogP contribution in [0.15, 0.2) is 48.0 Å². The predicted molar refractivity (Wildman–Crippen MR) is 182 cm³/mol. The number of carbonyl (C=O) groups excluding carboxylic acids is 3. The molecule has 252 valence electrons. The minimum atomic E-state index is -1.08. The number of Topliss-reactive ketones (excluding diaryl/α,β-unsaturated/α-hetero) is 1. The van der Waals surface area contributed by atoms with Gasteiger partial charge in [-0.1, -0.05) is 58.4 Å². The van der Waals surface area contributed by atoms with Crippen molar-refractivity contribution < 1.29 is 38.4 Å². The van der Waals surface area contributed by atoms with Gasteiger partial charge in [0.05, 0.1) is 44.2 Å². The van der Waals surface area contributed by atoms with Gasteiger partial charge in [0.2, 0.25) is 0 Å². The van der Waals surface area contributed by atoms with Gasteiger partial charge in [-0.15, -0.1) is 0 Å². The maximum atomic E-state index is 13.8. The second kappa shape index (κ2) is 15.9. The number of esters is 1. The molecule has 1 aromatic heterocycles. The fraction of sp³-hybridized carbons (Fsp3) is 0.444. The summed E-state index contributed by atoms with van der Waals surface area (Å²) in [5, 5.41) is 11.7. The van der Waals surface area contributed by atoms with Crippen LogP contribution in [0.25, 0.3) is 5.76 Å². The van der Waals surface area contributed by atoms with Crippen molar-refractivity contribution in [1.82, 2.24) is 4.98 Å². The van der Waals surface area contributed by atoms with Crippen molar-refractivity contribution in [2.24, 2.45) is 11.8 Å². The fourth-order valence-electron chi connectivity index (χ4n) is 4.90. The predicted octanol–water partition coefficient (Wildman–Crippen LogP) is 7.50. The van der Waals surface area contributed by atoms with Crippen molar-refractivity contribution in [3.8, 4) is 17.2 Å². The number of aliphatic hydroxyl groups is 1. The third kappa shape index (κ3) is 8.32. The lowest BCUT2D eigenvalue weighted by molar-refractivity contribution is -0.132. The Morgan fingerprint density at radius 3 is 2.36 bits per heavy atom. The van der Waals surface area contributed by atoms with E-state index >= 15 is 0 Å². The third-order valence-electron chi connectivity index (χ3n) is 7.52. The second-order valence-corrected chi connectivity index (χ2v) is 13.2. The van der Waals surface area contributed by atoms with E-state index in [0.29, 0.717) is 53.2 Å². The Morgan fingerprint density at radius 1 is 1.00 bits per heavy atom. The molecule has 1 aliphatic rings. The summed E-state index contributed by atoms with van der Waals surface area (Å²) in [5.41, 5.74) is 1.06. The summed E-state index contributed by atoms with van der Waals surface area (Å²) in [6.45, 7) is 13.1. The first-order chi connectivity index (χ1) is 22.5. The van der Waals surface area contributed by atoms with Crippen LogP contribution in [-0.2, 0) is 14.3 Å². The van der Waals surface area contributed by atoms with Gasteiger partial charge in [0.1, 0.15) is 16.4 Å². The molecule has 1 unspecified atom stereocenters.